The normalized spacial score (nSPS) is 10.1. The highest BCUT2D eigenvalue weighted by Crippen LogP contribution is 2.09. The number of nitrogens with one attached hydrogen (secondary N) is 1. The van der Waals surface area contributed by atoms with Crippen molar-refractivity contribution < 1.29 is 14.3 Å². The first-order valence-corrected chi connectivity index (χ1v) is 4.40. The van der Waals surface area contributed by atoms with Gasteiger partial charge in [0.2, 0.25) is 0 Å². The molecule has 16 heavy (non-hydrogen) atoms. The Morgan fingerprint density at radius 1 is 1.38 bits per heavy atom. The molecule has 0 spiro atoms. The number of nitrogens with zero attached hydrogens (tertiary/aromatic N) is 1. The highest BCUT2D eigenvalue weighted by molar-refractivity contribution is 6.34. The molecule has 0 unspecified atom stereocenters. The molecular weight excluding hydrogens is 210 g/mol. The molecule has 0 aliphatic rings. The van der Waals surface area contributed by atoms with Crippen molar-refractivity contribution >= 4 is 18.0 Å². The summed E-state index contributed by atoms with van der Waals surface area (Å²) >= 11 is 0. The molecule has 0 aliphatic heterocycles. The quantitative estimate of drug-likeness (QED) is 0.414. The molecule has 1 aromatic carbocycles. The molecule has 0 saturated carbocycles. The van der Waals surface area contributed by atoms with Gasteiger partial charge in [-0.25, -0.2) is 5.43 Å². The smallest absolute Gasteiger partial charge is 0.329 e. The fraction of sp³-hybridized carbons (Fsp3) is 0.100. The number of benzene rings is 1. The molecule has 1 aromatic rings. The summed E-state index contributed by atoms with van der Waals surface area (Å²) in [5.41, 5.74) is 7.45. The number of primary amides is 1. The van der Waals surface area contributed by atoms with Gasteiger partial charge in [0.1, 0.15) is 5.75 Å². The first-order valence-electron chi connectivity index (χ1n) is 4.40. The first-order chi connectivity index (χ1) is 7.63. The molecule has 84 valence electrons. The van der Waals surface area contributed by atoms with Gasteiger partial charge in [0.15, 0.2) is 0 Å². The highest BCUT2D eigenvalue weighted by Gasteiger charge is 2.05. The monoisotopic (exact) mass is 221 g/mol. The van der Waals surface area contributed by atoms with E-state index in [0.29, 0.717) is 0 Å². The lowest BCUT2D eigenvalue weighted by molar-refractivity contribution is -0.137. The zero-order chi connectivity index (χ0) is 12.0. The minimum Gasteiger partial charge on any atom is -0.497 e. The van der Waals surface area contributed by atoms with Gasteiger partial charge < -0.3 is 10.5 Å². The van der Waals surface area contributed by atoms with E-state index in [4.69, 9.17) is 10.5 Å². The van der Waals surface area contributed by atoms with Crippen LogP contribution in [0, 0.1) is 0 Å². The zero-order valence-electron chi connectivity index (χ0n) is 8.64. The molecule has 0 heterocycles. The third-order valence-corrected chi connectivity index (χ3v) is 1.72. The Morgan fingerprint density at radius 2 is 2.00 bits per heavy atom. The number of amides is 2. The van der Waals surface area contributed by atoms with Gasteiger partial charge >= 0.3 is 11.8 Å². The topological polar surface area (TPSA) is 93.8 Å². The molecule has 1 rings (SSSR count). The zero-order valence-corrected chi connectivity index (χ0v) is 8.64. The Bertz CT molecular complexity index is 412. The maximum Gasteiger partial charge on any atom is 0.329 e. The minimum atomic E-state index is -1.08. The van der Waals surface area contributed by atoms with Crippen LogP contribution in [0.15, 0.2) is 29.4 Å². The van der Waals surface area contributed by atoms with Gasteiger partial charge in [-0.05, 0) is 29.8 Å². The van der Waals surface area contributed by atoms with Crippen LogP contribution in [0.4, 0.5) is 0 Å². The van der Waals surface area contributed by atoms with E-state index < -0.39 is 11.8 Å². The number of carbonyl (C=O) groups is 2. The van der Waals surface area contributed by atoms with Gasteiger partial charge in [-0.3, -0.25) is 9.59 Å². The second-order valence-corrected chi connectivity index (χ2v) is 2.84. The third kappa shape index (κ3) is 3.41. The fourth-order valence-corrected chi connectivity index (χ4v) is 0.911. The van der Waals surface area contributed by atoms with Crippen molar-refractivity contribution in [1.82, 2.24) is 5.43 Å². The van der Waals surface area contributed by atoms with E-state index >= 15 is 0 Å². The van der Waals surface area contributed by atoms with Gasteiger partial charge in [0.05, 0.1) is 13.3 Å². The number of nitrogens with two attached hydrogens (primary N) is 1. The van der Waals surface area contributed by atoms with Gasteiger partial charge in [-0.15, -0.1) is 0 Å². The third-order valence-electron chi connectivity index (χ3n) is 1.72. The number of rotatable bonds is 3. The average Bonchev–Trinajstić information content (AvgIpc) is 2.29. The molecule has 0 aromatic heterocycles. The van der Waals surface area contributed by atoms with Gasteiger partial charge in [-0.2, -0.15) is 5.10 Å². The summed E-state index contributed by atoms with van der Waals surface area (Å²) in [7, 11) is 1.57. The summed E-state index contributed by atoms with van der Waals surface area (Å²) < 4.78 is 4.97. The van der Waals surface area contributed by atoms with Gasteiger partial charge in [-0.1, -0.05) is 0 Å². The molecule has 3 N–H and O–H groups in total. The summed E-state index contributed by atoms with van der Waals surface area (Å²) in [6.45, 7) is 0. The minimum absolute atomic E-state index is 0.721. The molecule has 6 nitrogen and oxygen atoms in total. The van der Waals surface area contributed by atoms with Crippen LogP contribution in [0.5, 0.6) is 5.75 Å². The predicted molar refractivity (Wildman–Crippen MR) is 57.9 cm³/mol. The van der Waals surface area contributed by atoms with Crippen LogP contribution in [-0.2, 0) is 9.59 Å². The molecule has 0 aliphatic carbocycles. The second-order valence-electron chi connectivity index (χ2n) is 2.84. The van der Waals surface area contributed by atoms with Crippen LogP contribution in [0.3, 0.4) is 0 Å². The molecule has 0 radical (unpaired) electrons. The van der Waals surface area contributed by atoms with E-state index in [1.165, 1.54) is 6.21 Å². The second kappa shape index (κ2) is 5.50. The summed E-state index contributed by atoms with van der Waals surface area (Å²) in [4.78, 5) is 21.1. The molecule has 0 saturated heterocycles. The molecule has 0 atom stereocenters. The molecular formula is C10H11N3O3. The van der Waals surface area contributed by atoms with Crippen molar-refractivity contribution in [3.05, 3.63) is 29.8 Å². The van der Waals surface area contributed by atoms with Crippen LogP contribution < -0.4 is 15.9 Å². The number of hydrogen-bond donors (Lipinski definition) is 2. The SMILES string of the molecule is COc1ccc(/C=N/NC(=O)C(N)=O)cc1. The van der Waals surface area contributed by atoms with E-state index in [2.05, 4.69) is 5.10 Å². The fourth-order valence-electron chi connectivity index (χ4n) is 0.911. The van der Waals surface area contributed by atoms with Crippen molar-refractivity contribution in [3.63, 3.8) is 0 Å². The molecule has 0 bridgehead atoms. The lowest BCUT2D eigenvalue weighted by Gasteiger charge is -1.98. The lowest BCUT2D eigenvalue weighted by atomic mass is 10.2. The molecule has 2 amide bonds. The van der Waals surface area contributed by atoms with Crippen molar-refractivity contribution in [1.29, 1.82) is 0 Å². The van der Waals surface area contributed by atoms with Crippen LogP contribution in [0.1, 0.15) is 5.56 Å². The van der Waals surface area contributed by atoms with Crippen LogP contribution in [-0.4, -0.2) is 25.1 Å². The Labute approximate surface area is 92.1 Å². The Morgan fingerprint density at radius 3 is 2.50 bits per heavy atom. The van der Waals surface area contributed by atoms with E-state index in [9.17, 15) is 9.59 Å². The Hall–Kier alpha value is -2.37. The highest BCUT2D eigenvalue weighted by atomic mass is 16.5. The van der Waals surface area contributed by atoms with Crippen molar-refractivity contribution in [2.75, 3.05) is 7.11 Å². The van der Waals surface area contributed by atoms with Crippen molar-refractivity contribution in [2.24, 2.45) is 10.8 Å². The Balaban J connectivity index is 2.56. The molecule has 6 heteroatoms. The van der Waals surface area contributed by atoms with Crippen LogP contribution >= 0.6 is 0 Å². The predicted octanol–water partition coefficient (Wildman–Crippen LogP) is -0.369. The average molecular weight is 221 g/mol. The van der Waals surface area contributed by atoms with Crippen LogP contribution in [0.25, 0.3) is 0 Å². The summed E-state index contributed by atoms with van der Waals surface area (Å²) in [5.74, 6) is -1.31. The standard InChI is InChI=1S/C10H11N3O3/c1-16-8-4-2-7(3-5-8)6-12-13-10(15)9(11)14/h2-6H,1H3,(H2,11,14)(H,13,15)/b12-6+. The van der Waals surface area contributed by atoms with E-state index in [1.54, 1.807) is 31.4 Å². The summed E-state index contributed by atoms with van der Waals surface area (Å²) in [5, 5.41) is 3.55. The Kier molecular flexibility index (Phi) is 4.02. The summed E-state index contributed by atoms with van der Waals surface area (Å²) in [6.07, 6.45) is 1.39. The largest absolute Gasteiger partial charge is 0.497 e. The summed E-state index contributed by atoms with van der Waals surface area (Å²) in [6, 6.07) is 6.99. The van der Waals surface area contributed by atoms with Crippen LogP contribution in [0.2, 0.25) is 0 Å². The van der Waals surface area contributed by atoms with Gasteiger partial charge in [0.25, 0.3) is 0 Å². The number of methoxy groups -OCH3 is 1. The van der Waals surface area contributed by atoms with Crippen molar-refractivity contribution in [3.8, 4) is 5.75 Å². The number of ether oxygens (including phenoxy) is 1. The van der Waals surface area contributed by atoms with E-state index in [-0.39, 0.29) is 0 Å². The molecule has 0 fully saturated rings. The van der Waals surface area contributed by atoms with E-state index in [1.807, 2.05) is 5.43 Å². The number of carbonyl (C=O) groups excluding carboxylic acids is 2. The number of hydrogen-bond acceptors (Lipinski definition) is 4. The van der Waals surface area contributed by atoms with Crippen molar-refractivity contribution in [2.45, 2.75) is 0 Å². The van der Waals surface area contributed by atoms with Gasteiger partial charge in [0, 0.05) is 0 Å². The van der Waals surface area contributed by atoms with E-state index in [0.717, 1.165) is 11.3 Å². The maximum atomic E-state index is 10.7. The maximum absolute atomic E-state index is 10.7. The lowest BCUT2D eigenvalue weighted by Crippen LogP contribution is -2.32. The number of hydrazone groups is 1. The first kappa shape index (κ1) is 11.7.